The summed E-state index contributed by atoms with van der Waals surface area (Å²) in [5, 5.41) is 0. The van der Waals surface area contributed by atoms with Gasteiger partial charge in [-0.2, -0.15) is 0 Å². The van der Waals surface area contributed by atoms with E-state index < -0.39 is 5.97 Å². The van der Waals surface area contributed by atoms with E-state index in [-0.39, 0.29) is 25.0 Å². The van der Waals surface area contributed by atoms with E-state index >= 15 is 0 Å². The highest BCUT2D eigenvalue weighted by Gasteiger charge is 2.12. The lowest BCUT2D eigenvalue weighted by Gasteiger charge is -2.16. The Morgan fingerprint density at radius 2 is 1.54 bits per heavy atom. The van der Waals surface area contributed by atoms with Crippen LogP contribution in [0, 0.1) is 0 Å². The Morgan fingerprint density at radius 3 is 1.85 bits per heavy atom. The van der Waals surface area contributed by atoms with E-state index in [1.807, 2.05) is 0 Å². The van der Waals surface area contributed by atoms with E-state index in [1.54, 1.807) is 0 Å². The van der Waals surface area contributed by atoms with Crippen LogP contribution in [0.15, 0.2) is 0 Å². The molecule has 0 atom stereocenters. The Kier molecular flexibility index (Phi) is 4.72. The molecule has 0 radical (unpaired) electrons. The van der Waals surface area contributed by atoms with Crippen molar-refractivity contribution in [1.82, 2.24) is 4.90 Å². The summed E-state index contributed by atoms with van der Waals surface area (Å²) < 4.78 is 4.59. The normalized spacial score (nSPS) is 9.15. The smallest absolute Gasteiger partial charge is 0.302 e. The molecule has 5 nitrogen and oxygen atoms in total. The topological polar surface area (TPSA) is 63.7 Å². The lowest BCUT2D eigenvalue weighted by Crippen LogP contribution is -2.36. The number of carbonyl (C=O) groups excluding carboxylic acids is 3. The van der Waals surface area contributed by atoms with Gasteiger partial charge in [0.15, 0.2) is 0 Å². The van der Waals surface area contributed by atoms with Gasteiger partial charge in [0.2, 0.25) is 11.8 Å². The van der Waals surface area contributed by atoms with Gasteiger partial charge in [-0.1, -0.05) is 0 Å². The van der Waals surface area contributed by atoms with Crippen molar-refractivity contribution < 1.29 is 19.1 Å². The number of rotatable bonds is 3. The summed E-state index contributed by atoms with van der Waals surface area (Å²) in [4.78, 5) is 33.0. The minimum atomic E-state index is -0.424. The summed E-state index contributed by atoms with van der Waals surface area (Å²) in [6.45, 7) is 4.01. The zero-order chi connectivity index (χ0) is 10.4. The minimum absolute atomic E-state index is 0.0501. The third-order valence-electron chi connectivity index (χ3n) is 1.38. The predicted octanol–water partition coefficient (Wildman–Crippen LogP) is -0.0555. The second kappa shape index (κ2) is 5.29. The van der Waals surface area contributed by atoms with Crippen LogP contribution < -0.4 is 0 Å². The lowest BCUT2D eigenvalue weighted by atomic mass is 10.4. The van der Waals surface area contributed by atoms with E-state index in [9.17, 15) is 14.4 Å². The van der Waals surface area contributed by atoms with Crippen LogP contribution in [0.3, 0.4) is 0 Å². The first-order chi connectivity index (χ1) is 5.95. The first-order valence-corrected chi connectivity index (χ1v) is 3.87. The number of amides is 2. The highest BCUT2D eigenvalue weighted by Crippen LogP contribution is 1.91. The number of carbonyl (C=O) groups is 3. The summed E-state index contributed by atoms with van der Waals surface area (Å²) in [7, 11) is 0. The number of esters is 1. The van der Waals surface area contributed by atoms with Crippen LogP contribution in [0.2, 0.25) is 0 Å². The van der Waals surface area contributed by atoms with Crippen LogP contribution in [-0.2, 0) is 19.1 Å². The monoisotopic (exact) mass is 187 g/mol. The van der Waals surface area contributed by atoms with Crippen molar-refractivity contribution in [2.75, 3.05) is 13.2 Å². The molecule has 0 spiro atoms. The van der Waals surface area contributed by atoms with Crippen molar-refractivity contribution in [2.24, 2.45) is 0 Å². The fraction of sp³-hybridized carbons (Fsp3) is 0.625. The first kappa shape index (κ1) is 11.6. The molecule has 13 heavy (non-hydrogen) atoms. The average molecular weight is 187 g/mol. The van der Waals surface area contributed by atoms with Gasteiger partial charge in [-0.15, -0.1) is 0 Å². The van der Waals surface area contributed by atoms with E-state index in [0.29, 0.717) is 0 Å². The Balaban J connectivity index is 3.91. The molecule has 0 aromatic heterocycles. The number of imide groups is 1. The highest BCUT2D eigenvalue weighted by molar-refractivity contribution is 5.92. The fourth-order valence-corrected chi connectivity index (χ4v) is 0.817. The fourth-order valence-electron chi connectivity index (χ4n) is 0.817. The summed E-state index contributed by atoms with van der Waals surface area (Å²) in [6.07, 6.45) is 0. The van der Waals surface area contributed by atoms with Crippen LogP contribution in [0.5, 0.6) is 0 Å². The van der Waals surface area contributed by atoms with Crippen LogP contribution in [0.4, 0.5) is 0 Å². The lowest BCUT2D eigenvalue weighted by molar-refractivity contribution is -0.148. The maximum atomic E-state index is 10.8. The third kappa shape index (κ3) is 4.95. The maximum Gasteiger partial charge on any atom is 0.302 e. The molecule has 0 saturated carbocycles. The summed E-state index contributed by atoms with van der Waals surface area (Å²) in [5.74, 6) is -1.12. The van der Waals surface area contributed by atoms with E-state index in [1.165, 1.54) is 20.8 Å². The van der Waals surface area contributed by atoms with Gasteiger partial charge in [0, 0.05) is 20.8 Å². The van der Waals surface area contributed by atoms with Gasteiger partial charge in [-0.3, -0.25) is 19.3 Å². The van der Waals surface area contributed by atoms with Crippen molar-refractivity contribution in [3.63, 3.8) is 0 Å². The molecular formula is C8H13NO4. The molecule has 0 aliphatic rings. The van der Waals surface area contributed by atoms with Gasteiger partial charge in [-0.25, -0.2) is 0 Å². The molecule has 0 saturated heterocycles. The molecule has 0 rings (SSSR count). The van der Waals surface area contributed by atoms with Gasteiger partial charge in [0.25, 0.3) is 0 Å². The van der Waals surface area contributed by atoms with Gasteiger partial charge < -0.3 is 4.74 Å². The highest BCUT2D eigenvalue weighted by atomic mass is 16.5. The molecule has 0 bridgehead atoms. The molecule has 0 aromatic carbocycles. The van der Waals surface area contributed by atoms with Crippen LogP contribution in [-0.4, -0.2) is 35.8 Å². The molecule has 0 unspecified atom stereocenters. The number of ether oxygens (including phenoxy) is 1. The minimum Gasteiger partial charge on any atom is -0.464 e. The average Bonchev–Trinajstić information content (AvgIpc) is 1.95. The van der Waals surface area contributed by atoms with Gasteiger partial charge in [0.05, 0.1) is 6.54 Å². The van der Waals surface area contributed by atoms with Crippen molar-refractivity contribution in [3.05, 3.63) is 0 Å². The van der Waals surface area contributed by atoms with Gasteiger partial charge in [0.1, 0.15) is 6.61 Å². The predicted molar refractivity (Wildman–Crippen MR) is 44.7 cm³/mol. The summed E-state index contributed by atoms with van der Waals surface area (Å²) in [5.41, 5.74) is 0. The molecule has 0 N–H and O–H groups in total. The van der Waals surface area contributed by atoms with Crippen LogP contribution >= 0.6 is 0 Å². The van der Waals surface area contributed by atoms with Crippen molar-refractivity contribution in [3.8, 4) is 0 Å². The molecule has 0 aliphatic carbocycles. The van der Waals surface area contributed by atoms with Crippen LogP contribution in [0.1, 0.15) is 20.8 Å². The van der Waals surface area contributed by atoms with E-state index in [4.69, 9.17) is 0 Å². The zero-order valence-electron chi connectivity index (χ0n) is 7.99. The number of hydrogen-bond donors (Lipinski definition) is 0. The third-order valence-corrected chi connectivity index (χ3v) is 1.38. The quantitative estimate of drug-likeness (QED) is 0.581. The largest absolute Gasteiger partial charge is 0.464 e. The standard InChI is InChI=1S/C8H13NO4/c1-6(10)9(7(2)11)4-5-13-8(3)12/h4-5H2,1-3H3. The second-order valence-electron chi connectivity index (χ2n) is 2.53. The summed E-state index contributed by atoms with van der Waals surface area (Å²) in [6, 6.07) is 0. The molecule has 0 heterocycles. The van der Waals surface area contributed by atoms with Gasteiger partial charge in [-0.05, 0) is 0 Å². The number of hydrogen-bond acceptors (Lipinski definition) is 4. The Morgan fingerprint density at radius 1 is 1.08 bits per heavy atom. The molecule has 0 aliphatic heterocycles. The molecule has 5 heteroatoms. The van der Waals surface area contributed by atoms with E-state index in [0.717, 1.165) is 4.90 Å². The maximum absolute atomic E-state index is 10.8. The Bertz CT molecular complexity index is 210. The van der Waals surface area contributed by atoms with Gasteiger partial charge >= 0.3 is 5.97 Å². The molecule has 74 valence electrons. The SMILES string of the molecule is CC(=O)OCCN(C(C)=O)C(C)=O. The van der Waals surface area contributed by atoms with Crippen LogP contribution in [0.25, 0.3) is 0 Å². The molecular weight excluding hydrogens is 174 g/mol. The molecule has 0 aromatic rings. The zero-order valence-corrected chi connectivity index (χ0v) is 7.99. The second-order valence-corrected chi connectivity index (χ2v) is 2.53. The van der Waals surface area contributed by atoms with E-state index in [2.05, 4.69) is 4.74 Å². The Hall–Kier alpha value is -1.39. The molecule has 0 fully saturated rings. The first-order valence-electron chi connectivity index (χ1n) is 3.87. The summed E-state index contributed by atoms with van der Waals surface area (Å²) >= 11 is 0. The Labute approximate surface area is 76.7 Å². The van der Waals surface area contributed by atoms with Crippen molar-refractivity contribution >= 4 is 17.8 Å². The van der Waals surface area contributed by atoms with Crippen molar-refractivity contribution in [2.45, 2.75) is 20.8 Å². The number of nitrogens with zero attached hydrogens (tertiary/aromatic N) is 1. The molecule has 2 amide bonds. The van der Waals surface area contributed by atoms with Crippen molar-refractivity contribution in [1.29, 1.82) is 0 Å².